The zero-order valence-corrected chi connectivity index (χ0v) is 7.22. The Labute approximate surface area is 65.8 Å². The number of hydrogen-bond donors (Lipinski definition) is 2. The molecule has 11 heavy (non-hydrogen) atoms. The molecule has 0 amide bonds. The second-order valence-electron chi connectivity index (χ2n) is 1.88. The predicted molar refractivity (Wildman–Crippen MR) is 44.4 cm³/mol. The number of nitrogens with two attached hydrogens (primary N) is 2. The summed E-state index contributed by atoms with van der Waals surface area (Å²) >= 11 is 0. The van der Waals surface area contributed by atoms with Gasteiger partial charge in [0.2, 0.25) is 10.0 Å². The topological polar surface area (TPSA) is 98.5 Å². The molecule has 0 aromatic carbocycles. The number of allylic oxidation sites excluding steroid dienone is 1. The number of primary sulfonamides is 1. The highest BCUT2D eigenvalue weighted by atomic mass is 32.2. The van der Waals surface area contributed by atoms with Crippen LogP contribution in [0.4, 0.5) is 0 Å². The minimum absolute atomic E-state index is 0.139. The van der Waals surface area contributed by atoms with Gasteiger partial charge in [0.15, 0.2) is 0 Å². The van der Waals surface area contributed by atoms with E-state index in [1.165, 1.54) is 14.0 Å². The van der Waals surface area contributed by atoms with Crippen LogP contribution in [-0.4, -0.2) is 21.2 Å². The van der Waals surface area contributed by atoms with Crippen molar-refractivity contribution in [2.24, 2.45) is 15.9 Å². The number of rotatable bonds is 2. The van der Waals surface area contributed by atoms with Crippen LogP contribution < -0.4 is 10.9 Å². The molecule has 5 nitrogen and oxygen atoms in total. The largest absolute Gasteiger partial charge is 0.403 e. The van der Waals surface area contributed by atoms with Gasteiger partial charge in [-0.1, -0.05) is 0 Å². The normalized spacial score (nSPS) is 15.2. The first kappa shape index (κ1) is 10.1. The monoisotopic (exact) mass is 177 g/mol. The van der Waals surface area contributed by atoms with Gasteiger partial charge < -0.3 is 5.73 Å². The van der Waals surface area contributed by atoms with E-state index in [0.29, 0.717) is 5.71 Å². The average Bonchev–Trinajstić information content (AvgIpc) is 1.86. The molecule has 0 aliphatic heterocycles. The molecule has 0 aliphatic carbocycles. The van der Waals surface area contributed by atoms with Gasteiger partial charge in [-0.2, -0.15) is 0 Å². The number of sulfonamides is 1. The van der Waals surface area contributed by atoms with Crippen molar-refractivity contribution in [1.29, 1.82) is 0 Å². The summed E-state index contributed by atoms with van der Waals surface area (Å²) < 4.78 is 21.4. The molecular formula is C5H11N3O2S. The van der Waals surface area contributed by atoms with Gasteiger partial charge in [0.05, 0.1) is 5.71 Å². The second-order valence-corrected chi connectivity index (χ2v) is 3.41. The van der Waals surface area contributed by atoms with Crippen molar-refractivity contribution in [3.8, 4) is 0 Å². The van der Waals surface area contributed by atoms with Gasteiger partial charge in [0.1, 0.15) is 4.91 Å². The van der Waals surface area contributed by atoms with Crippen LogP contribution in [0.2, 0.25) is 0 Å². The van der Waals surface area contributed by atoms with Crippen LogP contribution in [0.3, 0.4) is 0 Å². The van der Waals surface area contributed by atoms with Crippen LogP contribution in [0.1, 0.15) is 6.92 Å². The molecule has 0 rings (SSSR count). The fourth-order valence-corrected chi connectivity index (χ4v) is 1.22. The maximum Gasteiger partial charge on any atom is 0.241 e. The van der Waals surface area contributed by atoms with Crippen molar-refractivity contribution in [3.63, 3.8) is 0 Å². The molecule has 4 N–H and O–H groups in total. The van der Waals surface area contributed by atoms with Crippen LogP contribution in [-0.2, 0) is 10.0 Å². The van der Waals surface area contributed by atoms with Crippen LogP contribution in [0.15, 0.2) is 16.1 Å². The van der Waals surface area contributed by atoms with Gasteiger partial charge in [0.25, 0.3) is 0 Å². The summed E-state index contributed by atoms with van der Waals surface area (Å²) in [5.74, 6) is 0. The summed E-state index contributed by atoms with van der Waals surface area (Å²) in [4.78, 5) is 3.50. The third kappa shape index (κ3) is 2.69. The Morgan fingerprint density at radius 3 is 2.09 bits per heavy atom. The van der Waals surface area contributed by atoms with E-state index in [0.717, 1.165) is 6.20 Å². The molecule has 0 atom stereocenters. The number of hydrogen-bond acceptors (Lipinski definition) is 4. The molecule has 0 unspecified atom stereocenters. The molecule has 0 heterocycles. The summed E-state index contributed by atoms with van der Waals surface area (Å²) in [5.41, 5.74) is 5.33. The van der Waals surface area contributed by atoms with Crippen LogP contribution in [0.5, 0.6) is 0 Å². The Hall–Kier alpha value is -0.880. The van der Waals surface area contributed by atoms with Crippen LogP contribution in [0.25, 0.3) is 0 Å². The summed E-state index contributed by atoms with van der Waals surface area (Å²) in [6.45, 7) is 1.52. The first-order valence-electron chi connectivity index (χ1n) is 2.82. The van der Waals surface area contributed by atoms with E-state index in [-0.39, 0.29) is 4.91 Å². The first-order valence-corrected chi connectivity index (χ1v) is 4.36. The third-order valence-corrected chi connectivity index (χ3v) is 2.19. The van der Waals surface area contributed by atoms with Crippen molar-refractivity contribution < 1.29 is 8.42 Å². The highest BCUT2D eigenvalue weighted by Gasteiger charge is 2.13. The Bertz CT molecular complexity index is 289. The van der Waals surface area contributed by atoms with E-state index in [4.69, 9.17) is 10.9 Å². The Morgan fingerprint density at radius 2 is 2.00 bits per heavy atom. The standard InChI is InChI=1S/C5H11N3O2S/c1-4(8-2)5(3-6)11(7,9)10/h3H,6H2,1-2H3,(H2,7,9,10). The molecule has 0 aromatic rings. The predicted octanol–water partition coefficient (Wildman–Crippen LogP) is -0.834. The molecule has 0 aliphatic rings. The molecule has 6 heteroatoms. The lowest BCUT2D eigenvalue weighted by Gasteiger charge is -2.00. The molecule has 0 saturated heterocycles. The molecule has 0 bridgehead atoms. The van der Waals surface area contributed by atoms with Gasteiger partial charge in [0, 0.05) is 13.2 Å². The Balaban J connectivity index is 5.06. The minimum Gasteiger partial charge on any atom is -0.403 e. The van der Waals surface area contributed by atoms with E-state index >= 15 is 0 Å². The summed E-state index contributed by atoms with van der Waals surface area (Å²) in [7, 11) is -2.26. The lowest BCUT2D eigenvalue weighted by atomic mass is 10.4. The zero-order valence-electron chi connectivity index (χ0n) is 6.40. The molecule has 64 valence electrons. The molecule has 0 saturated carbocycles. The van der Waals surface area contributed by atoms with E-state index in [9.17, 15) is 8.42 Å². The van der Waals surface area contributed by atoms with E-state index < -0.39 is 10.0 Å². The maximum absolute atomic E-state index is 10.7. The van der Waals surface area contributed by atoms with Gasteiger partial charge in [-0.15, -0.1) is 0 Å². The summed E-state index contributed by atoms with van der Waals surface area (Å²) in [6, 6.07) is 0. The van der Waals surface area contributed by atoms with Gasteiger partial charge in [-0.25, -0.2) is 13.6 Å². The second kappa shape index (κ2) is 3.49. The minimum atomic E-state index is -3.72. The molecular weight excluding hydrogens is 166 g/mol. The average molecular weight is 177 g/mol. The quantitative estimate of drug-likeness (QED) is 0.538. The van der Waals surface area contributed by atoms with Gasteiger partial charge >= 0.3 is 0 Å². The summed E-state index contributed by atoms with van der Waals surface area (Å²) in [5, 5.41) is 4.81. The molecule has 0 radical (unpaired) electrons. The van der Waals surface area contributed by atoms with Gasteiger partial charge in [-0.3, -0.25) is 4.99 Å². The van der Waals surface area contributed by atoms with Gasteiger partial charge in [-0.05, 0) is 6.92 Å². The van der Waals surface area contributed by atoms with Crippen LogP contribution in [0, 0.1) is 0 Å². The fraction of sp³-hybridized carbons (Fsp3) is 0.400. The summed E-state index contributed by atoms with van der Waals surface area (Å²) in [6.07, 6.45) is 0.928. The van der Waals surface area contributed by atoms with Crippen LogP contribution >= 0.6 is 0 Å². The van der Waals surface area contributed by atoms with E-state index in [2.05, 4.69) is 4.99 Å². The molecule has 0 fully saturated rings. The number of aliphatic imine (C=N–C) groups is 1. The van der Waals surface area contributed by atoms with Crippen molar-refractivity contribution in [2.75, 3.05) is 7.05 Å². The Kier molecular flexibility index (Phi) is 3.21. The van der Waals surface area contributed by atoms with E-state index in [1.807, 2.05) is 0 Å². The van der Waals surface area contributed by atoms with Crippen molar-refractivity contribution in [2.45, 2.75) is 6.92 Å². The lowest BCUT2D eigenvalue weighted by molar-refractivity contribution is 0.605. The highest BCUT2D eigenvalue weighted by molar-refractivity contribution is 7.94. The van der Waals surface area contributed by atoms with Crippen molar-refractivity contribution in [3.05, 3.63) is 11.1 Å². The number of nitrogens with zero attached hydrogens (tertiary/aromatic N) is 1. The maximum atomic E-state index is 10.7. The highest BCUT2D eigenvalue weighted by Crippen LogP contribution is 2.01. The van der Waals surface area contributed by atoms with E-state index in [1.54, 1.807) is 0 Å². The van der Waals surface area contributed by atoms with Crippen molar-refractivity contribution in [1.82, 2.24) is 0 Å². The third-order valence-electron chi connectivity index (χ3n) is 1.15. The molecule has 0 aromatic heterocycles. The lowest BCUT2D eigenvalue weighted by Crippen LogP contribution is -2.20. The SMILES string of the molecule is CN=C(C)C(=CN)S(N)(=O)=O. The van der Waals surface area contributed by atoms with Crippen molar-refractivity contribution >= 4 is 15.7 Å². The first-order chi connectivity index (χ1) is 4.93. The molecule has 0 spiro atoms. The zero-order chi connectivity index (χ0) is 9.07. The smallest absolute Gasteiger partial charge is 0.241 e. The fourth-order valence-electron chi connectivity index (χ4n) is 0.532. The Morgan fingerprint density at radius 1 is 1.55 bits per heavy atom.